The van der Waals surface area contributed by atoms with Gasteiger partial charge in [-0.05, 0) is 24.2 Å². The molecule has 3 N–H and O–H groups in total. The van der Waals surface area contributed by atoms with E-state index in [0.717, 1.165) is 6.54 Å². The molecule has 0 atom stereocenters. The minimum atomic E-state index is -3.97. The molecule has 0 saturated carbocycles. The van der Waals surface area contributed by atoms with Gasteiger partial charge in [-0.3, -0.25) is 0 Å². The summed E-state index contributed by atoms with van der Waals surface area (Å²) in [5.41, 5.74) is 0.673. The fraction of sp³-hybridized carbons (Fsp3) is 0.364. The van der Waals surface area contributed by atoms with Gasteiger partial charge in [0.05, 0.1) is 6.54 Å². The standard InChI is InChI=1S/C11H15FN6O2S/c1-2-13-6-8-3-4-10(9(12)5-8)21(19,20)14-7-11-15-17-18-16-11/h3-5,13-14H,2,6-7H2,1H3,(H,15,16,17,18). The van der Waals surface area contributed by atoms with Gasteiger partial charge in [-0.1, -0.05) is 18.2 Å². The van der Waals surface area contributed by atoms with Crippen molar-refractivity contribution in [2.75, 3.05) is 6.54 Å². The number of nitrogens with zero attached hydrogens (tertiary/aromatic N) is 3. The fourth-order valence-corrected chi connectivity index (χ4v) is 2.67. The summed E-state index contributed by atoms with van der Waals surface area (Å²) >= 11 is 0. The van der Waals surface area contributed by atoms with Crippen molar-refractivity contribution < 1.29 is 12.8 Å². The van der Waals surface area contributed by atoms with E-state index >= 15 is 0 Å². The first-order chi connectivity index (χ1) is 10.0. The SMILES string of the molecule is CCNCc1ccc(S(=O)(=O)NCc2nn[nH]n2)c(F)c1. The quantitative estimate of drug-likeness (QED) is 0.659. The van der Waals surface area contributed by atoms with E-state index in [4.69, 9.17) is 0 Å². The van der Waals surface area contributed by atoms with E-state index in [-0.39, 0.29) is 12.4 Å². The Kier molecular flexibility index (Phi) is 4.94. The van der Waals surface area contributed by atoms with Crippen LogP contribution in [0.15, 0.2) is 23.1 Å². The van der Waals surface area contributed by atoms with Crippen molar-refractivity contribution in [3.05, 3.63) is 35.4 Å². The minimum absolute atomic E-state index is 0.169. The number of benzene rings is 1. The molecule has 0 unspecified atom stereocenters. The van der Waals surface area contributed by atoms with E-state index in [9.17, 15) is 12.8 Å². The van der Waals surface area contributed by atoms with Gasteiger partial charge in [0.15, 0.2) is 5.82 Å². The van der Waals surface area contributed by atoms with Crippen LogP contribution in [-0.4, -0.2) is 35.6 Å². The predicted molar refractivity (Wildman–Crippen MR) is 72.0 cm³/mol. The van der Waals surface area contributed by atoms with Crippen LogP contribution in [0, 0.1) is 5.82 Å². The highest BCUT2D eigenvalue weighted by Crippen LogP contribution is 2.16. The molecule has 2 aromatic rings. The number of halogens is 1. The highest BCUT2D eigenvalue weighted by atomic mass is 32.2. The minimum Gasteiger partial charge on any atom is -0.313 e. The number of aromatic nitrogens is 4. The lowest BCUT2D eigenvalue weighted by atomic mass is 10.2. The predicted octanol–water partition coefficient (Wildman–Crippen LogP) is -0.0732. The summed E-state index contributed by atoms with van der Waals surface area (Å²) in [6.07, 6.45) is 0. The number of hydrogen-bond acceptors (Lipinski definition) is 6. The first kappa shape index (κ1) is 15.5. The van der Waals surface area contributed by atoms with Crippen molar-refractivity contribution in [3.8, 4) is 0 Å². The van der Waals surface area contributed by atoms with Gasteiger partial charge in [0.1, 0.15) is 10.7 Å². The summed E-state index contributed by atoms with van der Waals surface area (Å²) < 4.78 is 40.2. The molecule has 8 nitrogen and oxygen atoms in total. The van der Waals surface area contributed by atoms with Gasteiger partial charge in [-0.15, -0.1) is 10.2 Å². The molecule has 0 spiro atoms. The number of hydrogen-bond donors (Lipinski definition) is 3. The van der Waals surface area contributed by atoms with Crippen LogP contribution in [0.5, 0.6) is 0 Å². The van der Waals surface area contributed by atoms with Crippen LogP contribution in [-0.2, 0) is 23.1 Å². The smallest absolute Gasteiger partial charge is 0.243 e. The highest BCUT2D eigenvalue weighted by molar-refractivity contribution is 7.89. The summed E-state index contributed by atoms with van der Waals surface area (Å²) in [6, 6.07) is 4.00. The normalized spacial score (nSPS) is 11.7. The molecular formula is C11H15FN6O2S. The lowest BCUT2D eigenvalue weighted by Gasteiger charge is -2.08. The number of aromatic amines is 1. The van der Waals surface area contributed by atoms with Gasteiger partial charge < -0.3 is 5.32 Å². The molecule has 0 saturated heterocycles. The van der Waals surface area contributed by atoms with Crippen molar-refractivity contribution >= 4 is 10.0 Å². The monoisotopic (exact) mass is 314 g/mol. The summed E-state index contributed by atoms with van der Waals surface area (Å²) in [6.45, 7) is 2.98. The van der Waals surface area contributed by atoms with Gasteiger partial charge in [-0.25, -0.2) is 17.5 Å². The van der Waals surface area contributed by atoms with E-state index in [0.29, 0.717) is 12.1 Å². The molecule has 1 heterocycles. The zero-order valence-electron chi connectivity index (χ0n) is 11.3. The highest BCUT2D eigenvalue weighted by Gasteiger charge is 2.19. The van der Waals surface area contributed by atoms with Gasteiger partial charge in [-0.2, -0.15) is 5.21 Å². The molecule has 0 fully saturated rings. The first-order valence-electron chi connectivity index (χ1n) is 6.24. The molecule has 2 rings (SSSR count). The second-order valence-corrected chi connectivity index (χ2v) is 5.93. The number of tetrazole rings is 1. The fourth-order valence-electron chi connectivity index (χ4n) is 1.64. The lowest BCUT2D eigenvalue weighted by molar-refractivity contribution is 0.553. The molecule has 0 radical (unpaired) electrons. The molecule has 21 heavy (non-hydrogen) atoms. The maximum atomic E-state index is 13.9. The van der Waals surface area contributed by atoms with E-state index in [1.54, 1.807) is 6.07 Å². The van der Waals surface area contributed by atoms with Gasteiger partial charge >= 0.3 is 0 Å². The molecule has 10 heteroatoms. The summed E-state index contributed by atoms with van der Waals surface area (Å²) in [5.74, 6) is -0.631. The third-order valence-corrected chi connectivity index (χ3v) is 4.11. The molecule has 1 aromatic heterocycles. The maximum absolute atomic E-state index is 13.9. The van der Waals surface area contributed by atoms with Crippen LogP contribution in [0.2, 0.25) is 0 Å². The Bertz CT molecular complexity index is 689. The molecule has 0 bridgehead atoms. The Balaban J connectivity index is 2.12. The number of rotatable bonds is 7. The van der Waals surface area contributed by atoms with Crippen LogP contribution in [0.3, 0.4) is 0 Å². The summed E-state index contributed by atoms with van der Waals surface area (Å²) in [7, 11) is -3.97. The number of sulfonamides is 1. The van der Waals surface area contributed by atoms with E-state index in [1.165, 1.54) is 12.1 Å². The molecule has 0 aliphatic carbocycles. The van der Waals surface area contributed by atoms with Crippen molar-refractivity contribution in [3.63, 3.8) is 0 Å². The third-order valence-electron chi connectivity index (χ3n) is 2.67. The van der Waals surface area contributed by atoms with Crippen molar-refractivity contribution in [2.24, 2.45) is 0 Å². The zero-order valence-corrected chi connectivity index (χ0v) is 12.1. The van der Waals surface area contributed by atoms with Crippen LogP contribution in [0.1, 0.15) is 18.3 Å². The average molecular weight is 314 g/mol. The molecule has 0 aliphatic heterocycles. The van der Waals surface area contributed by atoms with Crippen LogP contribution in [0.4, 0.5) is 4.39 Å². The van der Waals surface area contributed by atoms with Gasteiger partial charge in [0.25, 0.3) is 0 Å². The third kappa shape index (κ3) is 4.03. The van der Waals surface area contributed by atoms with E-state index < -0.39 is 20.7 Å². The van der Waals surface area contributed by atoms with Crippen LogP contribution >= 0.6 is 0 Å². The first-order valence-corrected chi connectivity index (χ1v) is 7.72. The average Bonchev–Trinajstić information content (AvgIpc) is 2.96. The van der Waals surface area contributed by atoms with Crippen molar-refractivity contribution in [1.29, 1.82) is 0 Å². The number of H-pyrrole nitrogens is 1. The second-order valence-electron chi connectivity index (χ2n) is 4.20. The molecule has 1 aromatic carbocycles. The summed E-state index contributed by atoms with van der Waals surface area (Å²) in [4.78, 5) is -0.411. The Hall–Kier alpha value is -1.91. The van der Waals surface area contributed by atoms with E-state index in [1.807, 2.05) is 6.92 Å². The lowest BCUT2D eigenvalue weighted by Crippen LogP contribution is -2.25. The second kappa shape index (κ2) is 6.70. The Labute approximate surface area is 121 Å². The van der Waals surface area contributed by atoms with Gasteiger partial charge in [0, 0.05) is 6.54 Å². The number of nitrogens with one attached hydrogen (secondary N) is 3. The summed E-state index contributed by atoms with van der Waals surface area (Å²) in [5, 5.41) is 15.7. The molecular weight excluding hydrogens is 299 g/mol. The van der Waals surface area contributed by atoms with Gasteiger partial charge in [0.2, 0.25) is 10.0 Å². The largest absolute Gasteiger partial charge is 0.313 e. The van der Waals surface area contributed by atoms with Crippen LogP contribution < -0.4 is 10.0 Å². The maximum Gasteiger partial charge on any atom is 0.243 e. The van der Waals surface area contributed by atoms with E-state index in [2.05, 4.69) is 30.7 Å². The van der Waals surface area contributed by atoms with Crippen molar-refractivity contribution in [2.45, 2.75) is 24.9 Å². The Morgan fingerprint density at radius 3 is 2.76 bits per heavy atom. The van der Waals surface area contributed by atoms with Crippen LogP contribution in [0.25, 0.3) is 0 Å². The molecule has 0 amide bonds. The molecule has 0 aliphatic rings. The topological polar surface area (TPSA) is 113 Å². The zero-order chi connectivity index (χ0) is 15.3. The molecule has 114 valence electrons. The Morgan fingerprint density at radius 2 is 2.14 bits per heavy atom. The van der Waals surface area contributed by atoms with Crippen molar-refractivity contribution in [1.82, 2.24) is 30.7 Å². The Morgan fingerprint density at radius 1 is 1.33 bits per heavy atom.